The number of thiazole rings is 2. The quantitative estimate of drug-likeness (QED) is 0.0554. The molecule has 14 rings (SSSR count). The van der Waals surface area contributed by atoms with Crippen LogP contribution in [0.1, 0.15) is 58.2 Å². The number of morpholine rings is 1. The van der Waals surface area contributed by atoms with Crippen molar-refractivity contribution in [3.05, 3.63) is 184 Å². The van der Waals surface area contributed by atoms with Gasteiger partial charge in [-0.05, 0) is 73.5 Å². The zero-order chi connectivity index (χ0) is 71.6. The molecule has 10 heterocycles. The highest BCUT2D eigenvalue weighted by atomic mass is 35.5. The van der Waals surface area contributed by atoms with Crippen molar-refractivity contribution >= 4 is 104 Å². The van der Waals surface area contributed by atoms with Crippen LogP contribution in [0.5, 0.6) is 0 Å². The number of rotatable bonds is 18. The Morgan fingerprint density at radius 1 is 0.569 bits per heavy atom. The molecular formula is C70H73Cl2F4N15O9S2. The summed E-state index contributed by atoms with van der Waals surface area (Å²) >= 11 is 15.7. The third kappa shape index (κ3) is 15.5. The van der Waals surface area contributed by atoms with Gasteiger partial charge in [0.15, 0.2) is 27.5 Å². The molecule has 6 fully saturated rings. The molecular weight excluding hydrogens is 1410 g/mol. The highest BCUT2D eigenvalue weighted by Gasteiger charge is 2.46. The Morgan fingerprint density at radius 2 is 1.04 bits per heavy atom. The number of aromatic nitrogens is 2. The Morgan fingerprint density at radius 3 is 1.46 bits per heavy atom. The Bertz CT molecular complexity index is 4090. The maximum Gasteiger partial charge on any atom is 0.338 e. The molecule has 32 heteroatoms. The second-order valence-electron chi connectivity index (χ2n) is 25.9. The van der Waals surface area contributed by atoms with Gasteiger partial charge in [-0.1, -0.05) is 47.5 Å². The van der Waals surface area contributed by atoms with E-state index < -0.39 is 53.4 Å². The zero-order valence-electron chi connectivity index (χ0n) is 56.1. The largest absolute Gasteiger partial charge is 0.466 e. The number of nitrogens with zero attached hydrogens (tertiary/aromatic N) is 12. The average molecular weight is 1480 g/mol. The van der Waals surface area contributed by atoms with Crippen molar-refractivity contribution in [2.24, 2.45) is 9.98 Å². The van der Waals surface area contributed by atoms with Crippen LogP contribution in [-0.4, -0.2) is 230 Å². The van der Waals surface area contributed by atoms with E-state index in [1.807, 2.05) is 22.9 Å². The smallest absolute Gasteiger partial charge is 0.338 e. The van der Waals surface area contributed by atoms with Gasteiger partial charge in [-0.15, -0.1) is 22.7 Å². The van der Waals surface area contributed by atoms with E-state index in [1.54, 1.807) is 41.2 Å². The van der Waals surface area contributed by atoms with Crippen LogP contribution >= 0.6 is 45.9 Å². The molecule has 8 aliphatic rings. The Balaban J connectivity index is 0.000000182. The molecule has 0 spiro atoms. The molecule has 8 aliphatic heterocycles. The van der Waals surface area contributed by atoms with E-state index in [2.05, 4.69) is 45.5 Å². The number of nitrogens with one attached hydrogen (secondary N) is 3. The molecule has 0 saturated carbocycles. The van der Waals surface area contributed by atoms with Crippen LogP contribution in [0.25, 0.3) is 0 Å². The number of ketones is 2. The number of benzene rings is 4. The Hall–Kier alpha value is -8.56. The van der Waals surface area contributed by atoms with E-state index in [0.717, 1.165) is 17.7 Å². The van der Waals surface area contributed by atoms with Crippen molar-refractivity contribution < 1.29 is 60.5 Å². The van der Waals surface area contributed by atoms with Crippen molar-refractivity contribution in [3.8, 4) is 0 Å². The fourth-order valence-corrected chi connectivity index (χ4v) is 15.9. The summed E-state index contributed by atoms with van der Waals surface area (Å²) in [6, 6.07) is 14.8. The molecule has 0 bridgehead atoms. The van der Waals surface area contributed by atoms with Gasteiger partial charge < -0.3 is 40.0 Å². The van der Waals surface area contributed by atoms with Crippen molar-refractivity contribution in [1.29, 1.82) is 0 Å². The fourth-order valence-electron chi connectivity index (χ4n) is 14.2. The first-order valence-electron chi connectivity index (χ1n) is 33.2. The third-order valence-electron chi connectivity index (χ3n) is 19.3. The molecule has 102 heavy (non-hydrogen) atoms. The highest BCUT2D eigenvalue weighted by Crippen LogP contribution is 2.40. The number of hydrogen-bond acceptors (Lipinski definition) is 22. The first-order valence-corrected chi connectivity index (χ1v) is 35.7. The summed E-state index contributed by atoms with van der Waals surface area (Å²) < 4.78 is 75.2. The second kappa shape index (κ2) is 31.2. The number of carbonyl (C=O) groups is 6. The molecule has 536 valence electrons. The number of methoxy groups -OCH3 is 2. The maximum absolute atomic E-state index is 15.6. The minimum atomic E-state index is -0.893. The van der Waals surface area contributed by atoms with Crippen molar-refractivity contribution in [1.82, 2.24) is 55.3 Å². The molecule has 6 saturated heterocycles. The molecule has 24 nitrogen and oxygen atoms in total. The third-order valence-corrected chi connectivity index (χ3v) is 21.5. The number of urea groups is 2. The lowest BCUT2D eigenvalue weighted by atomic mass is 9.95. The van der Waals surface area contributed by atoms with Crippen molar-refractivity contribution in [2.75, 3.05) is 129 Å². The van der Waals surface area contributed by atoms with E-state index >= 15 is 8.78 Å². The number of amidine groups is 2. The summed E-state index contributed by atoms with van der Waals surface area (Å²) in [5.74, 6) is -2.31. The molecule has 2 aromatic heterocycles. The first kappa shape index (κ1) is 71.8. The van der Waals surface area contributed by atoms with Gasteiger partial charge in [0.25, 0.3) is 0 Å². The summed E-state index contributed by atoms with van der Waals surface area (Å²) in [6.07, 6.45) is 2.82. The first-order chi connectivity index (χ1) is 49.2. The maximum atomic E-state index is 15.6. The minimum absolute atomic E-state index is 0.0344. The number of halogens is 6. The standard InChI is InChI=1S/C35H37ClF2N8O4S.C35H36ClF2N7O5S/c1-20(47)27-18-43(9-7-39-27)15-21-3-6-29(26(38)13-21)46-17-23-16-44(10-11-45(23)35(46)49)19-28-30(34(48)50-2)31(24-5-4-22(37)14-25(24)36)42-32(41-28)33-40-8-12-51-33;1-20(46)29-19-43(10-11-50-29)15-21-3-6-28(26(38)13-21)45-17-23-16-42(8-9-44(23)35(45)48)18-27-30(34(47)49-2)31(24-5-4-22(37)14-25(24)36)41-32(40-27)33-39-7-12-51-33/h3-6,8,12-14,23,27,31,39H,7,9-11,15-19H2,1-2H3,(H,41,42);3-7,12-14,23,29,31H,8-11,15-19H2,1-2H3,(H,40,41)/t23-,27?,31-;23-,29?,31-/m00/s1. The lowest BCUT2D eigenvalue weighted by Gasteiger charge is -2.38. The summed E-state index contributed by atoms with van der Waals surface area (Å²) in [5, 5.41) is 14.9. The lowest BCUT2D eigenvalue weighted by Crippen LogP contribution is -2.53. The number of ether oxygens (including phenoxy) is 3. The number of fused-ring (bicyclic) bond motifs is 2. The number of amides is 4. The van der Waals surface area contributed by atoms with Crippen molar-refractivity contribution in [3.63, 3.8) is 0 Å². The van der Waals surface area contributed by atoms with Crippen LogP contribution in [0.3, 0.4) is 0 Å². The number of anilines is 2. The highest BCUT2D eigenvalue weighted by molar-refractivity contribution is 7.12. The summed E-state index contributed by atoms with van der Waals surface area (Å²) in [7, 11) is 2.57. The van der Waals surface area contributed by atoms with E-state index in [1.165, 1.54) is 102 Å². The number of piperazine rings is 3. The van der Waals surface area contributed by atoms with Crippen LogP contribution in [-0.2, 0) is 46.5 Å². The SMILES string of the molecule is COC(=O)C1=C(CN2CCN3C(=O)N(c4ccc(CN5CCNC(C(C)=O)C5)cc4F)C[C@@H]3C2)NC(c2nccs2)=N[C@H]1c1ccc(F)cc1Cl.COC(=O)C1=C(CN2CCN3C(=O)N(c4ccc(CN5CCOC(C(C)=O)C5)cc4F)C[C@@H]3C2)NC(c2nccs2)=N[C@H]1c1ccc(F)cc1Cl. The van der Waals surface area contributed by atoms with E-state index in [0.29, 0.717) is 136 Å². The van der Waals surface area contributed by atoms with Crippen molar-refractivity contribution in [2.45, 2.75) is 63.3 Å². The molecule has 6 atom stereocenters. The van der Waals surface area contributed by atoms with Gasteiger partial charge in [-0.2, -0.15) is 0 Å². The number of hydrogen-bond donors (Lipinski definition) is 3. The molecule has 4 aromatic carbocycles. The molecule has 4 amide bonds. The van der Waals surface area contributed by atoms with E-state index in [-0.39, 0.29) is 94.0 Å². The number of aliphatic imine (C=N–C) groups is 2. The summed E-state index contributed by atoms with van der Waals surface area (Å²) in [4.78, 5) is 111. The predicted molar refractivity (Wildman–Crippen MR) is 376 cm³/mol. The average Bonchev–Trinajstić information content (AvgIpc) is 1.40. The van der Waals surface area contributed by atoms with Gasteiger partial charge in [0.1, 0.15) is 47.2 Å². The number of esters is 2. The van der Waals surface area contributed by atoms with Gasteiger partial charge >= 0.3 is 24.0 Å². The van der Waals surface area contributed by atoms with Crippen LogP contribution in [0.4, 0.5) is 38.5 Å². The minimum Gasteiger partial charge on any atom is -0.466 e. The second-order valence-corrected chi connectivity index (χ2v) is 28.5. The summed E-state index contributed by atoms with van der Waals surface area (Å²) in [5.41, 5.74) is 4.34. The number of Topliss-reactive ketones (excluding diaryl/α,β-unsaturated/α-hetero) is 2. The molecule has 0 radical (unpaired) electrons. The number of carbonyl (C=O) groups excluding carboxylic acids is 6. The molecule has 0 aliphatic carbocycles. The lowest BCUT2D eigenvalue weighted by molar-refractivity contribution is -0.137. The van der Waals surface area contributed by atoms with Gasteiger partial charge in [-0.3, -0.25) is 49.0 Å². The Labute approximate surface area is 603 Å². The normalized spacial score (nSPS) is 22.9. The molecule has 2 unspecified atom stereocenters. The van der Waals surface area contributed by atoms with Crippen LogP contribution in [0.15, 0.2) is 128 Å². The van der Waals surface area contributed by atoms with E-state index in [4.69, 9.17) is 47.4 Å². The van der Waals surface area contributed by atoms with E-state index in [9.17, 15) is 37.5 Å². The van der Waals surface area contributed by atoms with Gasteiger partial charge in [0, 0.05) is 167 Å². The molecule has 3 N–H and O–H groups in total. The fraction of sp³-hybridized carbons (Fsp3) is 0.400. The van der Waals surface area contributed by atoms with Gasteiger partial charge in [0.2, 0.25) is 0 Å². The van der Waals surface area contributed by atoms with Crippen LogP contribution in [0, 0.1) is 23.3 Å². The van der Waals surface area contributed by atoms with Gasteiger partial charge in [0.05, 0.1) is 61.5 Å². The Kier molecular flexibility index (Phi) is 22.0. The zero-order valence-corrected chi connectivity index (χ0v) is 59.2. The summed E-state index contributed by atoms with van der Waals surface area (Å²) in [6.45, 7) is 11.4. The predicted octanol–water partition coefficient (Wildman–Crippen LogP) is 7.59. The molecule has 6 aromatic rings. The van der Waals surface area contributed by atoms with Crippen LogP contribution in [0.2, 0.25) is 10.0 Å². The van der Waals surface area contributed by atoms with Gasteiger partial charge in [-0.25, -0.2) is 46.7 Å². The van der Waals surface area contributed by atoms with Crippen LogP contribution < -0.4 is 25.8 Å². The topological polar surface area (TPSA) is 243 Å². The monoisotopic (exact) mass is 1480 g/mol.